The summed E-state index contributed by atoms with van der Waals surface area (Å²) in [6, 6.07) is 3.71. The lowest BCUT2D eigenvalue weighted by Gasteiger charge is -2.16. The fraction of sp³-hybridized carbons (Fsp3) is 0.462. The molecular weight excluding hydrogens is 189 g/mol. The first-order valence-electron chi connectivity index (χ1n) is 5.44. The fourth-order valence-corrected chi connectivity index (χ4v) is 1.89. The van der Waals surface area contributed by atoms with Gasteiger partial charge in [-0.25, -0.2) is 4.39 Å². The van der Waals surface area contributed by atoms with Crippen molar-refractivity contribution in [1.82, 2.24) is 0 Å². The number of hydrogen-bond donors (Lipinski definition) is 0. The third-order valence-corrected chi connectivity index (χ3v) is 2.89. The molecule has 1 heterocycles. The summed E-state index contributed by atoms with van der Waals surface area (Å²) >= 11 is 0. The van der Waals surface area contributed by atoms with Gasteiger partial charge in [-0.1, -0.05) is 19.9 Å². The summed E-state index contributed by atoms with van der Waals surface area (Å²) in [5.41, 5.74) is 3.71. The lowest BCUT2D eigenvalue weighted by atomic mass is 9.95. The molecule has 0 radical (unpaired) electrons. The van der Waals surface area contributed by atoms with Gasteiger partial charge in [0.05, 0.1) is 0 Å². The van der Waals surface area contributed by atoms with Crippen LogP contribution in [0, 0.1) is 5.82 Å². The molecule has 1 aromatic carbocycles. The molecule has 0 saturated carbocycles. The van der Waals surface area contributed by atoms with Gasteiger partial charge in [0, 0.05) is 5.71 Å². The van der Waals surface area contributed by atoms with Gasteiger partial charge >= 0.3 is 0 Å². The van der Waals surface area contributed by atoms with Crippen LogP contribution in [0.1, 0.15) is 44.2 Å². The van der Waals surface area contributed by atoms with Crippen LogP contribution in [-0.2, 0) is 6.42 Å². The molecule has 0 atom stereocenters. The maximum atomic E-state index is 13.8. The third kappa shape index (κ3) is 1.94. The van der Waals surface area contributed by atoms with Gasteiger partial charge in [0.2, 0.25) is 0 Å². The Morgan fingerprint density at radius 3 is 2.67 bits per heavy atom. The molecule has 0 N–H and O–H groups in total. The predicted octanol–water partition coefficient (Wildman–Crippen LogP) is 3.99. The van der Waals surface area contributed by atoms with E-state index in [2.05, 4.69) is 24.9 Å². The summed E-state index contributed by atoms with van der Waals surface area (Å²) in [7, 11) is 0. The Balaban J connectivity index is 2.54. The molecule has 80 valence electrons. The molecule has 0 spiro atoms. The molecule has 2 rings (SSSR count). The summed E-state index contributed by atoms with van der Waals surface area (Å²) < 4.78 is 13.8. The van der Waals surface area contributed by atoms with Crippen LogP contribution in [0.25, 0.3) is 0 Å². The van der Waals surface area contributed by atoms with Crippen molar-refractivity contribution in [2.75, 3.05) is 0 Å². The number of hydrogen-bond acceptors (Lipinski definition) is 1. The molecule has 1 aliphatic rings. The van der Waals surface area contributed by atoms with Gasteiger partial charge < -0.3 is 0 Å². The average molecular weight is 205 g/mol. The van der Waals surface area contributed by atoms with Crippen LogP contribution in [0.15, 0.2) is 17.1 Å². The number of rotatable bonds is 1. The first kappa shape index (κ1) is 10.3. The van der Waals surface area contributed by atoms with Crippen LogP contribution in [0.3, 0.4) is 0 Å². The Morgan fingerprint density at radius 1 is 1.27 bits per heavy atom. The Morgan fingerprint density at radius 2 is 2.00 bits per heavy atom. The number of aryl methyl sites for hydroxylation is 1. The first-order chi connectivity index (χ1) is 7.08. The molecule has 0 saturated heterocycles. The second kappa shape index (κ2) is 3.76. The second-order valence-corrected chi connectivity index (χ2v) is 4.51. The molecule has 0 amide bonds. The molecule has 0 unspecified atom stereocenters. The zero-order valence-electron chi connectivity index (χ0n) is 9.47. The topological polar surface area (TPSA) is 12.4 Å². The van der Waals surface area contributed by atoms with Crippen LogP contribution in [0.4, 0.5) is 10.1 Å². The van der Waals surface area contributed by atoms with Crippen LogP contribution in [0.2, 0.25) is 0 Å². The van der Waals surface area contributed by atoms with E-state index in [1.54, 1.807) is 6.07 Å². The van der Waals surface area contributed by atoms with Crippen LogP contribution in [0.5, 0.6) is 0 Å². The van der Waals surface area contributed by atoms with Gasteiger partial charge in [-0.05, 0) is 42.9 Å². The first-order valence-corrected chi connectivity index (χ1v) is 5.44. The van der Waals surface area contributed by atoms with E-state index in [9.17, 15) is 4.39 Å². The zero-order valence-corrected chi connectivity index (χ0v) is 9.47. The van der Waals surface area contributed by atoms with E-state index in [-0.39, 0.29) is 5.82 Å². The minimum atomic E-state index is -0.171. The van der Waals surface area contributed by atoms with E-state index in [1.165, 1.54) is 0 Å². The van der Waals surface area contributed by atoms with Crippen LogP contribution < -0.4 is 0 Å². The van der Waals surface area contributed by atoms with Crippen molar-refractivity contribution >= 4 is 11.4 Å². The normalized spacial score (nSPS) is 15.1. The second-order valence-electron chi connectivity index (χ2n) is 4.51. The van der Waals surface area contributed by atoms with Gasteiger partial charge in [-0.2, -0.15) is 0 Å². The number of aliphatic imine (C=N–C) groups is 1. The predicted molar refractivity (Wildman–Crippen MR) is 61.6 cm³/mol. The quantitative estimate of drug-likeness (QED) is 0.657. The molecule has 15 heavy (non-hydrogen) atoms. The molecule has 0 aliphatic carbocycles. The molecular formula is C13H16FN. The largest absolute Gasteiger partial charge is 0.255 e. The van der Waals surface area contributed by atoms with E-state index < -0.39 is 0 Å². The van der Waals surface area contributed by atoms with Gasteiger partial charge in [-0.3, -0.25) is 4.99 Å². The number of halogens is 1. The highest BCUT2D eigenvalue weighted by Gasteiger charge is 2.15. The van der Waals surface area contributed by atoms with Crippen LogP contribution >= 0.6 is 0 Å². The van der Waals surface area contributed by atoms with Crippen molar-refractivity contribution in [2.24, 2.45) is 4.99 Å². The van der Waals surface area contributed by atoms with E-state index in [0.717, 1.165) is 29.7 Å². The summed E-state index contributed by atoms with van der Waals surface area (Å²) in [5, 5.41) is 0. The van der Waals surface area contributed by atoms with Crippen molar-refractivity contribution in [3.8, 4) is 0 Å². The van der Waals surface area contributed by atoms with Crippen molar-refractivity contribution in [3.05, 3.63) is 29.1 Å². The van der Waals surface area contributed by atoms with Gasteiger partial charge in [-0.15, -0.1) is 0 Å². The highest BCUT2D eigenvalue weighted by molar-refractivity contribution is 5.87. The minimum Gasteiger partial charge on any atom is -0.255 e. The van der Waals surface area contributed by atoms with Crippen molar-refractivity contribution < 1.29 is 4.39 Å². The monoisotopic (exact) mass is 205 g/mol. The van der Waals surface area contributed by atoms with Crippen molar-refractivity contribution in [3.63, 3.8) is 0 Å². The lowest BCUT2D eigenvalue weighted by Crippen LogP contribution is -2.04. The minimum absolute atomic E-state index is 0.171. The number of nitrogens with zero attached hydrogens (tertiary/aromatic N) is 1. The number of benzene rings is 1. The summed E-state index contributed by atoms with van der Waals surface area (Å²) in [6.07, 6.45) is 1.87. The average Bonchev–Trinajstić information content (AvgIpc) is 2.18. The van der Waals surface area contributed by atoms with Crippen molar-refractivity contribution in [2.45, 2.75) is 39.5 Å². The summed E-state index contributed by atoms with van der Waals surface area (Å²) in [5.74, 6) is 0.201. The molecule has 0 bridgehead atoms. The summed E-state index contributed by atoms with van der Waals surface area (Å²) in [4.78, 5) is 4.29. The van der Waals surface area contributed by atoms with Crippen LogP contribution in [-0.4, -0.2) is 5.71 Å². The zero-order chi connectivity index (χ0) is 11.0. The van der Waals surface area contributed by atoms with Gasteiger partial charge in [0.25, 0.3) is 0 Å². The Hall–Kier alpha value is -1.18. The van der Waals surface area contributed by atoms with E-state index in [0.29, 0.717) is 11.6 Å². The Bertz CT molecular complexity index is 419. The molecule has 1 aromatic rings. The highest BCUT2D eigenvalue weighted by atomic mass is 19.1. The fourth-order valence-electron chi connectivity index (χ4n) is 1.89. The van der Waals surface area contributed by atoms with Gasteiger partial charge in [0.15, 0.2) is 0 Å². The maximum Gasteiger partial charge on any atom is 0.149 e. The summed E-state index contributed by atoms with van der Waals surface area (Å²) in [6.45, 7) is 6.12. The lowest BCUT2D eigenvalue weighted by molar-refractivity contribution is 0.621. The van der Waals surface area contributed by atoms with E-state index >= 15 is 0 Å². The smallest absolute Gasteiger partial charge is 0.149 e. The van der Waals surface area contributed by atoms with Crippen molar-refractivity contribution in [1.29, 1.82) is 0 Å². The Labute approximate surface area is 90.0 Å². The Kier molecular flexibility index (Phi) is 2.59. The maximum absolute atomic E-state index is 13.8. The van der Waals surface area contributed by atoms with E-state index in [1.807, 2.05) is 6.92 Å². The SMILES string of the molecule is CC1=Nc2c(F)cc(C(C)C)cc2CC1. The van der Waals surface area contributed by atoms with Gasteiger partial charge in [0.1, 0.15) is 11.5 Å². The standard InChI is InChI=1S/C13H16FN/c1-8(2)11-6-10-5-4-9(3)15-13(10)12(14)7-11/h6-8H,4-5H2,1-3H3. The molecule has 1 nitrogen and oxygen atoms in total. The molecule has 2 heteroatoms. The third-order valence-electron chi connectivity index (χ3n) is 2.89. The number of fused-ring (bicyclic) bond motifs is 1. The molecule has 0 aromatic heterocycles. The molecule has 0 fully saturated rings. The molecule has 1 aliphatic heterocycles. The highest BCUT2D eigenvalue weighted by Crippen LogP contribution is 2.32. The van der Waals surface area contributed by atoms with E-state index in [4.69, 9.17) is 0 Å².